The van der Waals surface area contributed by atoms with Gasteiger partial charge < -0.3 is 10.2 Å². The Balaban J connectivity index is 2.75. The van der Waals surface area contributed by atoms with Crippen LogP contribution in [0.1, 0.15) is 25.3 Å². The zero-order chi connectivity index (χ0) is 13.4. The predicted molar refractivity (Wildman–Crippen MR) is 74.5 cm³/mol. The summed E-state index contributed by atoms with van der Waals surface area (Å²) in [5, 5.41) is 19.2. The molecule has 0 saturated carbocycles. The molecule has 4 heteroatoms. The van der Waals surface area contributed by atoms with Crippen LogP contribution in [-0.4, -0.2) is 34.9 Å². The first-order valence-electron chi connectivity index (χ1n) is 6.24. The number of halogens is 1. The van der Waals surface area contributed by atoms with E-state index in [-0.39, 0.29) is 19.0 Å². The molecule has 0 aromatic heterocycles. The van der Waals surface area contributed by atoms with Gasteiger partial charge in [-0.2, -0.15) is 11.8 Å². The van der Waals surface area contributed by atoms with Crippen LogP contribution in [0.4, 0.5) is 4.39 Å². The second kappa shape index (κ2) is 7.77. The maximum atomic E-state index is 12.9. The summed E-state index contributed by atoms with van der Waals surface area (Å²) in [5.74, 6) is 1.78. The van der Waals surface area contributed by atoms with Crippen LogP contribution in [0.3, 0.4) is 0 Å². The summed E-state index contributed by atoms with van der Waals surface area (Å²) in [7, 11) is 0. The molecule has 0 unspecified atom stereocenters. The van der Waals surface area contributed by atoms with Gasteiger partial charge in [-0.3, -0.25) is 0 Å². The van der Waals surface area contributed by atoms with E-state index >= 15 is 0 Å². The van der Waals surface area contributed by atoms with E-state index in [9.17, 15) is 14.6 Å². The fourth-order valence-electron chi connectivity index (χ4n) is 2.00. The maximum Gasteiger partial charge on any atom is 0.123 e. The Bertz CT molecular complexity index is 336. The van der Waals surface area contributed by atoms with E-state index in [2.05, 4.69) is 6.92 Å². The Hall–Kier alpha value is -0.580. The number of aliphatic hydroxyl groups excluding tert-OH is 2. The molecule has 0 aliphatic carbocycles. The lowest BCUT2D eigenvalue weighted by molar-refractivity contribution is 0.109. The van der Waals surface area contributed by atoms with E-state index < -0.39 is 5.41 Å². The highest BCUT2D eigenvalue weighted by molar-refractivity contribution is 7.99. The Morgan fingerprint density at radius 2 is 1.78 bits per heavy atom. The smallest absolute Gasteiger partial charge is 0.123 e. The first-order chi connectivity index (χ1) is 8.68. The van der Waals surface area contributed by atoms with Gasteiger partial charge in [0.15, 0.2) is 0 Å². The molecule has 0 fully saturated rings. The van der Waals surface area contributed by atoms with Gasteiger partial charge in [-0.05, 0) is 42.0 Å². The molecule has 0 atom stereocenters. The van der Waals surface area contributed by atoms with E-state index in [1.54, 1.807) is 12.1 Å². The van der Waals surface area contributed by atoms with Crippen molar-refractivity contribution < 1.29 is 14.6 Å². The van der Waals surface area contributed by atoms with E-state index in [0.717, 1.165) is 23.5 Å². The largest absolute Gasteiger partial charge is 0.395 e. The van der Waals surface area contributed by atoms with E-state index in [1.807, 2.05) is 11.8 Å². The van der Waals surface area contributed by atoms with Crippen molar-refractivity contribution in [1.82, 2.24) is 0 Å². The number of aliphatic hydroxyl groups is 2. The van der Waals surface area contributed by atoms with Crippen molar-refractivity contribution in [3.05, 3.63) is 35.6 Å². The highest BCUT2D eigenvalue weighted by Crippen LogP contribution is 2.29. The summed E-state index contributed by atoms with van der Waals surface area (Å²) in [6, 6.07) is 6.04. The summed E-state index contributed by atoms with van der Waals surface area (Å²) in [6.45, 7) is 1.87. The summed E-state index contributed by atoms with van der Waals surface area (Å²) >= 11 is 1.84. The molecule has 18 heavy (non-hydrogen) atoms. The summed E-state index contributed by atoms with van der Waals surface area (Å²) in [5.41, 5.74) is 0.151. The van der Waals surface area contributed by atoms with Crippen molar-refractivity contribution in [2.24, 2.45) is 0 Å². The minimum absolute atomic E-state index is 0.119. The molecule has 1 rings (SSSR count). The van der Waals surface area contributed by atoms with Crippen LogP contribution in [0.2, 0.25) is 0 Å². The second-order valence-corrected chi connectivity index (χ2v) is 5.80. The molecule has 0 bridgehead atoms. The van der Waals surface area contributed by atoms with Crippen LogP contribution in [0.15, 0.2) is 24.3 Å². The fourth-order valence-corrected chi connectivity index (χ4v) is 2.63. The number of rotatable bonds is 8. The van der Waals surface area contributed by atoms with Gasteiger partial charge in [-0.25, -0.2) is 4.39 Å². The topological polar surface area (TPSA) is 40.5 Å². The lowest BCUT2D eigenvalue weighted by atomic mass is 9.78. The molecule has 1 aromatic rings. The number of hydrogen-bond donors (Lipinski definition) is 2. The molecule has 0 aliphatic rings. The zero-order valence-electron chi connectivity index (χ0n) is 10.7. The molecular weight excluding hydrogens is 251 g/mol. The standard InChI is InChI=1S/C14H21FO2S/c1-2-18-9-3-8-14(10-16,11-17)12-4-6-13(15)7-5-12/h4-7,16-17H,2-3,8-11H2,1H3. The highest BCUT2D eigenvalue weighted by atomic mass is 32.2. The van der Waals surface area contributed by atoms with Crippen molar-refractivity contribution in [3.63, 3.8) is 0 Å². The third kappa shape index (κ3) is 3.97. The minimum Gasteiger partial charge on any atom is -0.395 e. The van der Waals surface area contributed by atoms with E-state index in [1.165, 1.54) is 12.1 Å². The summed E-state index contributed by atoms with van der Waals surface area (Å²) < 4.78 is 12.9. The van der Waals surface area contributed by atoms with Gasteiger partial charge in [0.2, 0.25) is 0 Å². The fraction of sp³-hybridized carbons (Fsp3) is 0.571. The average Bonchev–Trinajstić information content (AvgIpc) is 2.41. The number of hydrogen-bond acceptors (Lipinski definition) is 3. The minimum atomic E-state index is -0.651. The number of benzene rings is 1. The second-order valence-electron chi connectivity index (χ2n) is 4.40. The molecule has 0 heterocycles. The molecule has 0 aliphatic heterocycles. The van der Waals surface area contributed by atoms with Crippen molar-refractivity contribution >= 4 is 11.8 Å². The van der Waals surface area contributed by atoms with Crippen LogP contribution < -0.4 is 0 Å². The summed E-state index contributed by atoms with van der Waals surface area (Å²) in [6.07, 6.45) is 1.63. The summed E-state index contributed by atoms with van der Waals surface area (Å²) in [4.78, 5) is 0. The maximum absolute atomic E-state index is 12.9. The normalized spacial score (nSPS) is 11.8. The third-order valence-corrected chi connectivity index (χ3v) is 4.20. The molecule has 0 saturated heterocycles. The van der Waals surface area contributed by atoms with Crippen LogP contribution in [-0.2, 0) is 5.41 Å². The van der Waals surface area contributed by atoms with Crippen LogP contribution >= 0.6 is 11.8 Å². The van der Waals surface area contributed by atoms with Crippen LogP contribution in [0, 0.1) is 5.82 Å². The lowest BCUT2D eigenvalue weighted by Crippen LogP contribution is -2.35. The molecular formula is C14H21FO2S. The van der Waals surface area contributed by atoms with Crippen molar-refractivity contribution in [1.29, 1.82) is 0 Å². The molecule has 2 nitrogen and oxygen atoms in total. The van der Waals surface area contributed by atoms with Gasteiger partial charge in [0, 0.05) is 5.41 Å². The van der Waals surface area contributed by atoms with E-state index in [0.29, 0.717) is 6.42 Å². The molecule has 0 amide bonds. The average molecular weight is 272 g/mol. The third-order valence-electron chi connectivity index (χ3n) is 3.21. The van der Waals surface area contributed by atoms with Crippen molar-refractivity contribution in [2.75, 3.05) is 24.7 Å². The molecule has 1 aromatic carbocycles. The Kier molecular flexibility index (Phi) is 6.68. The van der Waals surface area contributed by atoms with Gasteiger partial charge in [0.05, 0.1) is 13.2 Å². The van der Waals surface area contributed by atoms with Gasteiger partial charge >= 0.3 is 0 Å². The van der Waals surface area contributed by atoms with Gasteiger partial charge in [-0.1, -0.05) is 19.1 Å². The first-order valence-corrected chi connectivity index (χ1v) is 7.39. The van der Waals surface area contributed by atoms with Crippen molar-refractivity contribution in [2.45, 2.75) is 25.2 Å². The van der Waals surface area contributed by atoms with Crippen LogP contribution in [0.5, 0.6) is 0 Å². The molecule has 0 radical (unpaired) electrons. The Morgan fingerprint density at radius 3 is 2.28 bits per heavy atom. The zero-order valence-corrected chi connectivity index (χ0v) is 11.5. The first kappa shape index (κ1) is 15.5. The van der Waals surface area contributed by atoms with Gasteiger partial charge in [0.25, 0.3) is 0 Å². The Labute approximate surface area is 112 Å². The van der Waals surface area contributed by atoms with Gasteiger partial charge in [0.1, 0.15) is 5.82 Å². The quantitative estimate of drug-likeness (QED) is 0.715. The van der Waals surface area contributed by atoms with Crippen LogP contribution in [0.25, 0.3) is 0 Å². The number of thioether (sulfide) groups is 1. The molecule has 0 spiro atoms. The van der Waals surface area contributed by atoms with E-state index in [4.69, 9.17) is 0 Å². The Morgan fingerprint density at radius 1 is 1.17 bits per heavy atom. The SMILES string of the molecule is CCSCCCC(CO)(CO)c1ccc(F)cc1. The van der Waals surface area contributed by atoms with Gasteiger partial charge in [-0.15, -0.1) is 0 Å². The molecule has 2 N–H and O–H groups in total. The lowest BCUT2D eigenvalue weighted by Gasteiger charge is -2.30. The monoisotopic (exact) mass is 272 g/mol. The van der Waals surface area contributed by atoms with Crippen molar-refractivity contribution in [3.8, 4) is 0 Å². The predicted octanol–water partition coefficient (Wildman–Crippen LogP) is 2.58. The highest BCUT2D eigenvalue weighted by Gasteiger charge is 2.30. The molecule has 102 valence electrons.